The summed E-state index contributed by atoms with van der Waals surface area (Å²) in [4.78, 5) is 11.5. The number of nitrogens with two attached hydrogens (primary N) is 1. The lowest BCUT2D eigenvalue weighted by Gasteiger charge is -2.29. The molecule has 0 radical (unpaired) electrons. The van der Waals surface area contributed by atoms with Gasteiger partial charge in [0.2, 0.25) is 5.91 Å². The van der Waals surface area contributed by atoms with Crippen LogP contribution in [0.3, 0.4) is 0 Å². The first kappa shape index (κ1) is 7.80. The normalized spacial score (nSPS) is 47.4. The van der Waals surface area contributed by atoms with Gasteiger partial charge in [0.15, 0.2) is 0 Å². The molecule has 3 aliphatic rings. The molecule has 0 bridgehead atoms. The van der Waals surface area contributed by atoms with E-state index >= 15 is 0 Å². The molecule has 3 nitrogen and oxygen atoms in total. The third-order valence-corrected chi connectivity index (χ3v) is 3.94. The maximum Gasteiger partial charge on any atom is 0.238 e. The van der Waals surface area contributed by atoms with Crippen molar-refractivity contribution < 1.29 is 4.79 Å². The fraction of sp³-hybridized carbons (Fsp3) is 0.900. The third kappa shape index (κ3) is 1.03. The molecule has 0 aromatic heterocycles. The Morgan fingerprint density at radius 1 is 1.38 bits per heavy atom. The van der Waals surface area contributed by atoms with E-state index in [-0.39, 0.29) is 11.4 Å². The van der Waals surface area contributed by atoms with E-state index in [0.29, 0.717) is 12.0 Å². The van der Waals surface area contributed by atoms with Gasteiger partial charge >= 0.3 is 0 Å². The summed E-state index contributed by atoms with van der Waals surface area (Å²) < 4.78 is 0. The number of primary amides is 1. The topological polar surface area (TPSA) is 55.1 Å². The first-order chi connectivity index (χ1) is 6.22. The fourth-order valence-electron chi connectivity index (χ4n) is 2.92. The van der Waals surface area contributed by atoms with E-state index in [2.05, 4.69) is 5.32 Å². The maximum absolute atomic E-state index is 11.5. The molecular formula is C10H16N2O. The number of amides is 1. The molecule has 72 valence electrons. The Kier molecular flexibility index (Phi) is 1.36. The lowest BCUT2D eigenvalue weighted by Crippen LogP contribution is -2.56. The summed E-state index contributed by atoms with van der Waals surface area (Å²) in [5.74, 6) is 1.27. The van der Waals surface area contributed by atoms with E-state index in [0.717, 1.165) is 12.3 Å². The van der Waals surface area contributed by atoms with Gasteiger partial charge in [-0.15, -0.1) is 0 Å². The van der Waals surface area contributed by atoms with Gasteiger partial charge in [-0.3, -0.25) is 4.79 Å². The van der Waals surface area contributed by atoms with Crippen molar-refractivity contribution in [1.82, 2.24) is 5.32 Å². The number of rotatable bonds is 3. The van der Waals surface area contributed by atoms with Crippen LogP contribution in [0.15, 0.2) is 0 Å². The number of hydrogen-bond donors (Lipinski definition) is 2. The summed E-state index contributed by atoms with van der Waals surface area (Å²) in [6.07, 6.45) is 5.86. The molecule has 0 aliphatic heterocycles. The van der Waals surface area contributed by atoms with Crippen LogP contribution in [0.4, 0.5) is 0 Å². The number of fused-ring (bicyclic) bond motifs is 1. The van der Waals surface area contributed by atoms with Gasteiger partial charge in [0, 0.05) is 6.04 Å². The summed E-state index contributed by atoms with van der Waals surface area (Å²) in [6.45, 7) is 0. The second-order valence-corrected chi connectivity index (χ2v) is 4.90. The van der Waals surface area contributed by atoms with E-state index in [4.69, 9.17) is 5.73 Å². The highest BCUT2D eigenvalue weighted by Gasteiger charge is 2.61. The van der Waals surface area contributed by atoms with E-state index in [9.17, 15) is 4.79 Å². The van der Waals surface area contributed by atoms with Gasteiger partial charge in [-0.05, 0) is 43.9 Å². The first-order valence-corrected chi connectivity index (χ1v) is 5.30. The number of hydrogen-bond acceptors (Lipinski definition) is 2. The Morgan fingerprint density at radius 3 is 2.54 bits per heavy atom. The van der Waals surface area contributed by atoms with Crippen molar-refractivity contribution >= 4 is 5.91 Å². The highest BCUT2D eigenvalue weighted by molar-refractivity contribution is 5.86. The Hall–Kier alpha value is -0.570. The van der Waals surface area contributed by atoms with Gasteiger partial charge < -0.3 is 11.1 Å². The predicted molar refractivity (Wildman–Crippen MR) is 48.9 cm³/mol. The molecule has 0 spiro atoms. The van der Waals surface area contributed by atoms with Crippen LogP contribution in [-0.4, -0.2) is 17.5 Å². The maximum atomic E-state index is 11.5. The minimum atomic E-state index is -0.300. The van der Waals surface area contributed by atoms with Crippen molar-refractivity contribution in [3.05, 3.63) is 0 Å². The molecule has 0 heterocycles. The molecule has 3 atom stereocenters. The van der Waals surface area contributed by atoms with Crippen molar-refractivity contribution in [2.24, 2.45) is 17.6 Å². The average molecular weight is 180 g/mol. The zero-order valence-corrected chi connectivity index (χ0v) is 7.75. The van der Waals surface area contributed by atoms with Crippen LogP contribution in [0.5, 0.6) is 0 Å². The smallest absolute Gasteiger partial charge is 0.238 e. The number of carbonyl (C=O) groups is 1. The highest BCUT2D eigenvalue weighted by atomic mass is 16.1. The van der Waals surface area contributed by atoms with Gasteiger partial charge in [0.25, 0.3) is 0 Å². The average Bonchev–Trinajstić information content (AvgIpc) is 2.92. The molecule has 1 amide bonds. The second kappa shape index (κ2) is 2.27. The molecule has 3 heteroatoms. The summed E-state index contributed by atoms with van der Waals surface area (Å²) in [6, 6.07) is 0.590. The van der Waals surface area contributed by atoms with Crippen LogP contribution in [-0.2, 0) is 4.79 Å². The van der Waals surface area contributed by atoms with Crippen molar-refractivity contribution in [3.8, 4) is 0 Å². The predicted octanol–water partition coefficient (Wildman–Crippen LogP) is 0.392. The zero-order chi connectivity index (χ0) is 9.05. The van der Waals surface area contributed by atoms with Gasteiger partial charge in [-0.1, -0.05) is 0 Å². The van der Waals surface area contributed by atoms with Crippen molar-refractivity contribution in [1.29, 1.82) is 0 Å². The molecule has 0 aromatic carbocycles. The fourth-order valence-corrected chi connectivity index (χ4v) is 2.92. The van der Waals surface area contributed by atoms with E-state index in [1.807, 2.05) is 0 Å². The second-order valence-electron chi connectivity index (χ2n) is 4.90. The number of nitrogens with one attached hydrogen (secondary N) is 1. The summed E-state index contributed by atoms with van der Waals surface area (Å²) in [7, 11) is 0. The van der Waals surface area contributed by atoms with E-state index in [1.54, 1.807) is 0 Å². The SMILES string of the molecule is NC(=O)C1(NC2CC2)CCC2CC21. The number of carbonyl (C=O) groups excluding carboxylic acids is 1. The molecular weight excluding hydrogens is 164 g/mol. The molecule has 3 rings (SSSR count). The minimum Gasteiger partial charge on any atom is -0.368 e. The van der Waals surface area contributed by atoms with Crippen LogP contribution >= 0.6 is 0 Å². The molecule has 13 heavy (non-hydrogen) atoms. The van der Waals surface area contributed by atoms with Gasteiger partial charge in [-0.25, -0.2) is 0 Å². The van der Waals surface area contributed by atoms with Crippen LogP contribution < -0.4 is 11.1 Å². The Labute approximate surface area is 78.1 Å². The third-order valence-electron chi connectivity index (χ3n) is 3.94. The van der Waals surface area contributed by atoms with Crippen LogP contribution in [0.2, 0.25) is 0 Å². The van der Waals surface area contributed by atoms with Crippen LogP contribution in [0.25, 0.3) is 0 Å². The Bertz CT molecular complexity index is 262. The lowest BCUT2D eigenvalue weighted by atomic mass is 9.92. The highest BCUT2D eigenvalue weighted by Crippen LogP contribution is 2.58. The Morgan fingerprint density at radius 2 is 2.15 bits per heavy atom. The molecule has 3 fully saturated rings. The molecule has 3 saturated carbocycles. The molecule has 3 aliphatic carbocycles. The van der Waals surface area contributed by atoms with Gasteiger partial charge in [0.05, 0.1) is 0 Å². The van der Waals surface area contributed by atoms with Crippen molar-refractivity contribution in [2.75, 3.05) is 0 Å². The van der Waals surface area contributed by atoms with Gasteiger partial charge in [-0.2, -0.15) is 0 Å². The lowest BCUT2D eigenvalue weighted by molar-refractivity contribution is -0.125. The van der Waals surface area contributed by atoms with Gasteiger partial charge in [0.1, 0.15) is 5.54 Å². The molecule has 0 saturated heterocycles. The first-order valence-electron chi connectivity index (χ1n) is 5.30. The summed E-state index contributed by atoms with van der Waals surface area (Å²) in [5.41, 5.74) is 5.22. The van der Waals surface area contributed by atoms with Crippen LogP contribution in [0, 0.1) is 11.8 Å². The van der Waals surface area contributed by atoms with E-state index < -0.39 is 0 Å². The zero-order valence-electron chi connectivity index (χ0n) is 7.75. The quantitative estimate of drug-likeness (QED) is 0.660. The summed E-state index contributed by atoms with van der Waals surface area (Å²) in [5, 5.41) is 3.48. The molecule has 0 aromatic rings. The monoisotopic (exact) mass is 180 g/mol. The molecule has 3 unspecified atom stereocenters. The van der Waals surface area contributed by atoms with E-state index in [1.165, 1.54) is 25.7 Å². The summed E-state index contributed by atoms with van der Waals surface area (Å²) >= 11 is 0. The van der Waals surface area contributed by atoms with Crippen LogP contribution in [0.1, 0.15) is 32.1 Å². The van der Waals surface area contributed by atoms with Crippen molar-refractivity contribution in [3.63, 3.8) is 0 Å². The standard InChI is InChI=1S/C10H16N2O/c11-9(13)10(12-7-1-2-7)4-3-6-5-8(6)10/h6-8,12H,1-5H2,(H2,11,13). The minimum absolute atomic E-state index is 0.107. The Balaban J connectivity index is 1.82. The van der Waals surface area contributed by atoms with Crippen molar-refractivity contribution in [2.45, 2.75) is 43.7 Å². The largest absolute Gasteiger partial charge is 0.368 e. The molecule has 3 N–H and O–H groups in total.